The van der Waals surface area contributed by atoms with Crippen LogP contribution in [0, 0.1) is 5.92 Å². The minimum absolute atomic E-state index is 0.0469. The van der Waals surface area contributed by atoms with E-state index in [1.54, 1.807) is 0 Å². The summed E-state index contributed by atoms with van der Waals surface area (Å²) in [5.74, 6) is -1.55. The molecule has 34 heavy (non-hydrogen) atoms. The molecule has 1 unspecified atom stereocenters. The van der Waals surface area contributed by atoms with Crippen molar-refractivity contribution in [1.29, 1.82) is 0 Å². The molecule has 2 amide bonds. The van der Waals surface area contributed by atoms with E-state index in [1.165, 1.54) is 0 Å². The zero-order valence-electron chi connectivity index (χ0n) is 19.1. The number of amides is 2. The largest absolute Gasteiger partial charge is 0.480 e. The van der Waals surface area contributed by atoms with E-state index in [-0.39, 0.29) is 18.4 Å². The Labute approximate surface area is 198 Å². The number of ether oxygens (including phenoxy) is 1. The molecule has 0 aliphatic heterocycles. The van der Waals surface area contributed by atoms with Gasteiger partial charge in [-0.1, -0.05) is 67.8 Å². The van der Waals surface area contributed by atoms with Crippen LogP contribution < -0.4 is 10.6 Å². The van der Waals surface area contributed by atoms with Crippen LogP contribution in [0.2, 0.25) is 0 Å². The molecule has 0 aromatic heterocycles. The summed E-state index contributed by atoms with van der Waals surface area (Å²) in [6.45, 7) is 0.164. The Morgan fingerprint density at radius 1 is 0.941 bits per heavy atom. The number of aliphatic carboxylic acids is 1. The number of benzene rings is 2. The highest BCUT2D eigenvalue weighted by molar-refractivity contribution is 5.93. The maximum atomic E-state index is 13.2. The molecule has 2 aromatic carbocycles. The molecule has 7 heteroatoms. The average Bonchev–Trinajstić information content (AvgIpc) is 3.39. The SMILES string of the molecule is O=C(NC1(C(=O)NC(C(=O)O)C2CCC2)CCCC1)OCC1c2ccccc2-c2ccccc21. The van der Waals surface area contributed by atoms with Crippen LogP contribution in [-0.2, 0) is 14.3 Å². The van der Waals surface area contributed by atoms with Crippen molar-refractivity contribution < 1.29 is 24.2 Å². The monoisotopic (exact) mass is 462 g/mol. The fourth-order valence-electron chi connectivity index (χ4n) is 5.65. The lowest BCUT2D eigenvalue weighted by Crippen LogP contribution is -2.61. The van der Waals surface area contributed by atoms with E-state index in [1.807, 2.05) is 24.3 Å². The van der Waals surface area contributed by atoms with Gasteiger partial charge in [-0.2, -0.15) is 0 Å². The van der Waals surface area contributed by atoms with Crippen LogP contribution in [0.5, 0.6) is 0 Å². The smallest absolute Gasteiger partial charge is 0.408 e. The number of carboxylic acid groups (broad SMARTS) is 1. The predicted molar refractivity (Wildman–Crippen MR) is 126 cm³/mol. The highest BCUT2D eigenvalue weighted by Gasteiger charge is 2.46. The van der Waals surface area contributed by atoms with Crippen LogP contribution in [0.25, 0.3) is 11.1 Å². The Kier molecular flexibility index (Phi) is 6.02. The van der Waals surface area contributed by atoms with Gasteiger partial charge in [-0.05, 0) is 53.9 Å². The van der Waals surface area contributed by atoms with Gasteiger partial charge in [0.1, 0.15) is 18.2 Å². The van der Waals surface area contributed by atoms with Crippen molar-refractivity contribution >= 4 is 18.0 Å². The summed E-state index contributed by atoms with van der Waals surface area (Å²) in [4.78, 5) is 37.8. The first-order valence-electron chi connectivity index (χ1n) is 12.2. The molecule has 2 fully saturated rings. The second-order valence-electron chi connectivity index (χ2n) is 9.72. The van der Waals surface area contributed by atoms with Gasteiger partial charge in [0, 0.05) is 5.92 Å². The highest BCUT2D eigenvalue weighted by atomic mass is 16.5. The van der Waals surface area contributed by atoms with Crippen molar-refractivity contribution in [1.82, 2.24) is 10.6 Å². The number of carbonyl (C=O) groups is 3. The number of alkyl carbamates (subject to hydrolysis) is 1. The third kappa shape index (κ3) is 4.04. The Morgan fingerprint density at radius 2 is 1.53 bits per heavy atom. The number of carbonyl (C=O) groups excluding carboxylic acids is 2. The lowest BCUT2D eigenvalue weighted by atomic mass is 9.79. The predicted octanol–water partition coefficient (Wildman–Crippen LogP) is 4.21. The van der Waals surface area contributed by atoms with Crippen molar-refractivity contribution in [3.63, 3.8) is 0 Å². The van der Waals surface area contributed by atoms with Gasteiger partial charge < -0.3 is 20.5 Å². The summed E-state index contributed by atoms with van der Waals surface area (Å²) >= 11 is 0. The van der Waals surface area contributed by atoms with Crippen LogP contribution in [-0.4, -0.2) is 41.3 Å². The van der Waals surface area contributed by atoms with Crippen molar-refractivity contribution in [2.75, 3.05) is 6.61 Å². The summed E-state index contributed by atoms with van der Waals surface area (Å²) in [6, 6.07) is 15.3. The quantitative estimate of drug-likeness (QED) is 0.572. The average molecular weight is 463 g/mol. The van der Waals surface area contributed by atoms with E-state index >= 15 is 0 Å². The Bertz CT molecular complexity index is 1060. The van der Waals surface area contributed by atoms with Gasteiger partial charge in [0.2, 0.25) is 5.91 Å². The van der Waals surface area contributed by atoms with Crippen LogP contribution in [0.1, 0.15) is 62.0 Å². The first-order chi connectivity index (χ1) is 16.5. The molecule has 178 valence electrons. The van der Waals surface area contributed by atoms with E-state index in [4.69, 9.17) is 4.74 Å². The van der Waals surface area contributed by atoms with Crippen LogP contribution in [0.15, 0.2) is 48.5 Å². The number of hydrogen-bond acceptors (Lipinski definition) is 4. The van der Waals surface area contributed by atoms with Crippen LogP contribution >= 0.6 is 0 Å². The molecule has 2 aromatic rings. The second kappa shape index (κ2) is 9.12. The van der Waals surface area contributed by atoms with E-state index in [2.05, 4.69) is 34.9 Å². The summed E-state index contributed by atoms with van der Waals surface area (Å²) in [7, 11) is 0. The molecule has 5 rings (SSSR count). The fourth-order valence-corrected chi connectivity index (χ4v) is 5.65. The molecule has 1 atom stereocenters. The minimum Gasteiger partial charge on any atom is -0.480 e. The number of nitrogens with one attached hydrogen (secondary N) is 2. The molecule has 7 nitrogen and oxygen atoms in total. The van der Waals surface area contributed by atoms with E-state index < -0.39 is 29.6 Å². The first kappa shape index (κ1) is 22.4. The number of fused-ring (bicyclic) bond motifs is 3. The van der Waals surface area contributed by atoms with Gasteiger partial charge in [0.15, 0.2) is 0 Å². The standard InChI is InChI=1S/C27H30N2O5/c30-24(31)23(17-8-7-9-17)28-25(32)27(14-5-6-15-27)29-26(33)34-16-22-20-12-3-1-10-18(20)19-11-2-4-13-21(19)22/h1-4,10-13,17,22-23H,5-9,14-16H2,(H,28,32)(H,29,33)(H,30,31). The van der Waals surface area contributed by atoms with Crippen molar-refractivity contribution in [3.05, 3.63) is 59.7 Å². The molecule has 0 spiro atoms. The molecule has 2 saturated carbocycles. The van der Waals surface area contributed by atoms with Gasteiger partial charge in [0.05, 0.1) is 0 Å². The Balaban J connectivity index is 1.27. The molecule has 0 heterocycles. The van der Waals surface area contributed by atoms with Crippen molar-refractivity contribution in [3.8, 4) is 11.1 Å². The molecule has 3 aliphatic carbocycles. The lowest BCUT2D eigenvalue weighted by Gasteiger charge is -2.35. The molecule has 0 saturated heterocycles. The number of rotatable bonds is 7. The molecule has 0 radical (unpaired) electrons. The number of carboxylic acids is 1. The zero-order valence-corrected chi connectivity index (χ0v) is 19.1. The van der Waals surface area contributed by atoms with Gasteiger partial charge in [0.25, 0.3) is 0 Å². The Morgan fingerprint density at radius 3 is 2.06 bits per heavy atom. The van der Waals surface area contributed by atoms with E-state index in [0.717, 1.165) is 54.4 Å². The molecule has 0 bridgehead atoms. The normalized spacial score (nSPS) is 19.4. The summed E-state index contributed by atoms with van der Waals surface area (Å²) in [5.41, 5.74) is 3.41. The van der Waals surface area contributed by atoms with Gasteiger partial charge in [-0.15, -0.1) is 0 Å². The van der Waals surface area contributed by atoms with Crippen LogP contribution in [0.4, 0.5) is 4.79 Å². The third-order valence-corrected chi connectivity index (χ3v) is 7.75. The summed E-state index contributed by atoms with van der Waals surface area (Å²) < 4.78 is 5.66. The molecule has 3 N–H and O–H groups in total. The zero-order chi connectivity index (χ0) is 23.7. The minimum atomic E-state index is -1.12. The van der Waals surface area contributed by atoms with E-state index in [9.17, 15) is 19.5 Å². The fraction of sp³-hybridized carbons (Fsp3) is 0.444. The van der Waals surface area contributed by atoms with Gasteiger partial charge >= 0.3 is 12.1 Å². The Hall–Kier alpha value is -3.35. The van der Waals surface area contributed by atoms with Crippen LogP contribution in [0.3, 0.4) is 0 Å². The lowest BCUT2D eigenvalue weighted by molar-refractivity contribution is -0.145. The maximum absolute atomic E-state index is 13.2. The van der Waals surface area contributed by atoms with E-state index in [0.29, 0.717) is 12.8 Å². The molecule has 3 aliphatic rings. The van der Waals surface area contributed by atoms with Gasteiger partial charge in [-0.25, -0.2) is 9.59 Å². The highest BCUT2D eigenvalue weighted by Crippen LogP contribution is 2.44. The van der Waals surface area contributed by atoms with Gasteiger partial charge in [-0.3, -0.25) is 4.79 Å². The summed E-state index contributed by atoms with van der Waals surface area (Å²) in [6.07, 6.45) is 4.45. The summed E-state index contributed by atoms with van der Waals surface area (Å²) in [5, 5.41) is 15.1. The van der Waals surface area contributed by atoms with Crippen molar-refractivity contribution in [2.45, 2.75) is 62.4 Å². The topological polar surface area (TPSA) is 105 Å². The second-order valence-corrected chi connectivity index (χ2v) is 9.72. The third-order valence-electron chi connectivity index (χ3n) is 7.75. The number of hydrogen-bond donors (Lipinski definition) is 3. The molecular formula is C27H30N2O5. The molecular weight excluding hydrogens is 432 g/mol. The maximum Gasteiger partial charge on any atom is 0.408 e. The van der Waals surface area contributed by atoms with Crippen molar-refractivity contribution in [2.24, 2.45) is 5.92 Å². The first-order valence-corrected chi connectivity index (χ1v) is 12.2.